The van der Waals surface area contributed by atoms with Gasteiger partial charge in [0.05, 0.1) is 10.7 Å². The van der Waals surface area contributed by atoms with Crippen LogP contribution in [-0.4, -0.2) is 7.05 Å². The molecule has 0 saturated carbocycles. The van der Waals surface area contributed by atoms with Crippen molar-refractivity contribution >= 4 is 28.7 Å². The molecule has 18 heavy (non-hydrogen) atoms. The number of hydrogen-bond acceptors (Lipinski definition) is 2. The van der Waals surface area contributed by atoms with Crippen LogP contribution in [0.4, 0.5) is 21.5 Å². The van der Waals surface area contributed by atoms with Crippen LogP contribution in [0.15, 0.2) is 36.4 Å². The van der Waals surface area contributed by atoms with Crippen LogP contribution in [0.2, 0.25) is 5.02 Å². The van der Waals surface area contributed by atoms with Gasteiger partial charge < -0.3 is 10.6 Å². The van der Waals surface area contributed by atoms with Gasteiger partial charge in [0.2, 0.25) is 0 Å². The monoisotopic (exact) mass is 264 g/mol. The van der Waals surface area contributed by atoms with E-state index in [0.29, 0.717) is 22.0 Å². The topological polar surface area (TPSA) is 29.3 Å². The molecular weight excluding hydrogens is 251 g/mol. The number of nitrogen functional groups attached to an aromatic ring is 1. The van der Waals surface area contributed by atoms with E-state index in [1.807, 2.05) is 24.1 Å². The fourth-order valence-electron chi connectivity index (χ4n) is 1.73. The summed E-state index contributed by atoms with van der Waals surface area (Å²) in [5.74, 6) is -0.267. The minimum absolute atomic E-state index is 0.267. The van der Waals surface area contributed by atoms with Crippen LogP contribution < -0.4 is 10.6 Å². The van der Waals surface area contributed by atoms with Crippen molar-refractivity contribution < 1.29 is 4.39 Å². The Labute approximate surface area is 111 Å². The van der Waals surface area contributed by atoms with E-state index in [9.17, 15) is 4.39 Å². The van der Waals surface area contributed by atoms with Gasteiger partial charge in [0, 0.05) is 18.4 Å². The number of nitrogens with two attached hydrogens (primary N) is 1. The first-order valence-electron chi connectivity index (χ1n) is 5.54. The van der Waals surface area contributed by atoms with Gasteiger partial charge in [0.15, 0.2) is 0 Å². The van der Waals surface area contributed by atoms with Gasteiger partial charge in [-0.25, -0.2) is 4.39 Å². The van der Waals surface area contributed by atoms with Gasteiger partial charge in [-0.05, 0) is 48.9 Å². The molecule has 0 aliphatic rings. The first-order valence-corrected chi connectivity index (χ1v) is 5.92. The van der Waals surface area contributed by atoms with Crippen molar-refractivity contribution in [2.75, 3.05) is 17.7 Å². The molecular formula is C14H14ClFN2. The molecule has 2 N–H and O–H groups in total. The van der Waals surface area contributed by atoms with Crippen molar-refractivity contribution in [1.82, 2.24) is 0 Å². The zero-order valence-corrected chi connectivity index (χ0v) is 11.0. The number of benzene rings is 2. The van der Waals surface area contributed by atoms with Crippen molar-refractivity contribution in [3.8, 4) is 0 Å². The third kappa shape index (κ3) is 2.41. The third-order valence-electron chi connectivity index (χ3n) is 2.87. The Kier molecular flexibility index (Phi) is 3.43. The van der Waals surface area contributed by atoms with E-state index in [1.54, 1.807) is 25.1 Å². The Hall–Kier alpha value is -1.74. The summed E-state index contributed by atoms with van der Waals surface area (Å²) in [6.07, 6.45) is 0. The van der Waals surface area contributed by atoms with E-state index in [0.717, 1.165) is 5.69 Å². The standard InChI is InChI=1S/C14H14ClFN2/c1-9-7-12(15)14(8-13(9)16)18(2)11-5-3-10(17)4-6-11/h3-8H,17H2,1-2H3. The predicted octanol–water partition coefficient (Wildman–Crippen LogP) is 4.14. The molecule has 0 radical (unpaired) electrons. The molecule has 0 aliphatic heterocycles. The van der Waals surface area contributed by atoms with Gasteiger partial charge in [-0.1, -0.05) is 11.6 Å². The van der Waals surface area contributed by atoms with E-state index >= 15 is 0 Å². The van der Waals surface area contributed by atoms with Gasteiger partial charge in [-0.2, -0.15) is 0 Å². The molecule has 0 spiro atoms. The molecule has 2 aromatic carbocycles. The summed E-state index contributed by atoms with van der Waals surface area (Å²) in [6, 6.07) is 10.4. The molecule has 0 fully saturated rings. The maximum Gasteiger partial charge on any atom is 0.128 e. The molecule has 0 heterocycles. The minimum atomic E-state index is -0.267. The summed E-state index contributed by atoms with van der Waals surface area (Å²) < 4.78 is 13.6. The van der Waals surface area contributed by atoms with Crippen LogP contribution in [0.1, 0.15) is 5.56 Å². The number of rotatable bonds is 2. The predicted molar refractivity (Wildman–Crippen MR) is 75.1 cm³/mol. The van der Waals surface area contributed by atoms with Crippen molar-refractivity contribution in [1.29, 1.82) is 0 Å². The van der Waals surface area contributed by atoms with Gasteiger partial charge in [-0.3, -0.25) is 0 Å². The fourth-order valence-corrected chi connectivity index (χ4v) is 2.07. The highest BCUT2D eigenvalue weighted by molar-refractivity contribution is 6.33. The lowest BCUT2D eigenvalue weighted by molar-refractivity contribution is 0.618. The lowest BCUT2D eigenvalue weighted by atomic mass is 10.2. The number of nitrogens with zero attached hydrogens (tertiary/aromatic N) is 1. The summed E-state index contributed by atoms with van der Waals surface area (Å²) in [4.78, 5) is 1.82. The summed E-state index contributed by atoms with van der Waals surface area (Å²) >= 11 is 6.14. The summed E-state index contributed by atoms with van der Waals surface area (Å²) in [5, 5.41) is 0.522. The van der Waals surface area contributed by atoms with Crippen molar-refractivity contribution in [3.05, 3.63) is 52.8 Å². The Morgan fingerprint density at radius 1 is 1.17 bits per heavy atom. The molecule has 0 saturated heterocycles. The highest BCUT2D eigenvalue weighted by atomic mass is 35.5. The molecule has 0 amide bonds. The lowest BCUT2D eigenvalue weighted by Crippen LogP contribution is -2.10. The molecule has 0 aliphatic carbocycles. The quantitative estimate of drug-likeness (QED) is 0.826. The number of hydrogen-bond donors (Lipinski definition) is 1. The van der Waals surface area contributed by atoms with E-state index in [4.69, 9.17) is 17.3 Å². The second kappa shape index (κ2) is 4.86. The Morgan fingerprint density at radius 2 is 1.78 bits per heavy atom. The Bertz CT molecular complexity index is 567. The molecule has 0 atom stereocenters. The molecule has 0 unspecified atom stereocenters. The van der Waals surface area contributed by atoms with Crippen LogP contribution in [0.3, 0.4) is 0 Å². The van der Waals surface area contributed by atoms with Crippen molar-refractivity contribution in [2.45, 2.75) is 6.92 Å². The zero-order valence-electron chi connectivity index (χ0n) is 10.2. The number of halogens is 2. The van der Waals surface area contributed by atoms with Crippen LogP contribution in [0.5, 0.6) is 0 Å². The average molecular weight is 265 g/mol. The van der Waals surface area contributed by atoms with Crippen molar-refractivity contribution in [3.63, 3.8) is 0 Å². The van der Waals surface area contributed by atoms with E-state index in [-0.39, 0.29) is 5.82 Å². The second-order valence-electron chi connectivity index (χ2n) is 4.20. The molecule has 0 aromatic heterocycles. The van der Waals surface area contributed by atoms with E-state index in [2.05, 4.69) is 0 Å². The van der Waals surface area contributed by atoms with Gasteiger partial charge in [-0.15, -0.1) is 0 Å². The largest absolute Gasteiger partial charge is 0.399 e. The molecule has 2 rings (SSSR count). The molecule has 0 bridgehead atoms. The Morgan fingerprint density at radius 3 is 2.39 bits per heavy atom. The van der Waals surface area contributed by atoms with Gasteiger partial charge in [0.1, 0.15) is 5.82 Å². The third-order valence-corrected chi connectivity index (χ3v) is 3.17. The summed E-state index contributed by atoms with van der Waals surface area (Å²) in [6.45, 7) is 1.69. The SMILES string of the molecule is Cc1cc(Cl)c(N(C)c2ccc(N)cc2)cc1F. The molecule has 4 heteroatoms. The minimum Gasteiger partial charge on any atom is -0.399 e. The van der Waals surface area contributed by atoms with E-state index in [1.165, 1.54) is 6.07 Å². The maximum absolute atomic E-state index is 13.6. The molecule has 2 aromatic rings. The van der Waals surface area contributed by atoms with Gasteiger partial charge >= 0.3 is 0 Å². The smallest absolute Gasteiger partial charge is 0.128 e. The normalized spacial score (nSPS) is 10.4. The average Bonchev–Trinajstić information content (AvgIpc) is 2.34. The first kappa shape index (κ1) is 12.7. The van der Waals surface area contributed by atoms with Crippen LogP contribution in [0.25, 0.3) is 0 Å². The zero-order chi connectivity index (χ0) is 13.3. The second-order valence-corrected chi connectivity index (χ2v) is 4.61. The summed E-state index contributed by atoms with van der Waals surface area (Å²) in [7, 11) is 1.83. The number of anilines is 3. The van der Waals surface area contributed by atoms with Crippen LogP contribution >= 0.6 is 11.6 Å². The van der Waals surface area contributed by atoms with Crippen molar-refractivity contribution in [2.24, 2.45) is 0 Å². The van der Waals surface area contributed by atoms with Crippen LogP contribution in [-0.2, 0) is 0 Å². The Balaban J connectivity index is 2.42. The lowest BCUT2D eigenvalue weighted by Gasteiger charge is -2.21. The van der Waals surface area contributed by atoms with Crippen LogP contribution in [0, 0.1) is 12.7 Å². The molecule has 2 nitrogen and oxygen atoms in total. The van der Waals surface area contributed by atoms with Gasteiger partial charge in [0.25, 0.3) is 0 Å². The number of aryl methyl sites for hydroxylation is 1. The first-order chi connectivity index (χ1) is 8.49. The summed E-state index contributed by atoms with van der Waals surface area (Å²) in [5.41, 5.74) is 8.39. The maximum atomic E-state index is 13.6. The highest BCUT2D eigenvalue weighted by Crippen LogP contribution is 2.32. The fraction of sp³-hybridized carbons (Fsp3) is 0.143. The van der Waals surface area contributed by atoms with E-state index < -0.39 is 0 Å². The molecule has 94 valence electrons. The highest BCUT2D eigenvalue weighted by Gasteiger charge is 2.11.